The number of hydrogen-bond donors (Lipinski definition) is 6. The smallest absolute Gasteiger partial charge is 0.408 e. The van der Waals surface area contributed by atoms with Gasteiger partial charge < -0.3 is 55.6 Å². The second-order valence-corrected chi connectivity index (χ2v) is 34.5. The maximum atomic E-state index is 15.4. The zero-order valence-corrected chi connectivity index (χ0v) is 70.7. The summed E-state index contributed by atoms with van der Waals surface area (Å²) in [7, 11) is 0. The van der Waals surface area contributed by atoms with E-state index in [1.807, 2.05) is 133 Å². The number of thioether (sulfide) groups is 1. The van der Waals surface area contributed by atoms with Crippen LogP contribution in [-0.2, 0) is 102 Å². The molecule has 23 nitrogen and oxygen atoms in total. The average molecular weight is 1610 g/mol. The van der Waals surface area contributed by atoms with Gasteiger partial charge in [0.2, 0.25) is 17.7 Å². The number of Topliss-reactive ketones (excluding diaryl/α,β-unsaturated/α-hetero) is 3. The minimum absolute atomic E-state index is 0.0258. The molecule has 0 bridgehead atoms. The number of hydrogen-bond acceptors (Lipinski definition) is 18. The first-order chi connectivity index (χ1) is 54.8. The number of rotatable bonds is 44. The Morgan fingerprint density at radius 2 is 0.888 bits per heavy atom. The van der Waals surface area contributed by atoms with Crippen molar-refractivity contribution in [3.05, 3.63) is 215 Å². The zero-order chi connectivity index (χ0) is 85.2. The molecular formula is C92H120N6O17S. The largest absolute Gasteiger partial charge is 0.460 e. The lowest BCUT2D eigenvalue weighted by atomic mass is 9.84. The summed E-state index contributed by atoms with van der Waals surface area (Å²) in [5.74, 6) is -9.10. The van der Waals surface area contributed by atoms with Gasteiger partial charge in [0.15, 0.2) is 11.6 Å². The molecule has 7 atom stereocenters. The second kappa shape index (κ2) is 45.7. The number of ketones is 3. The van der Waals surface area contributed by atoms with Crippen molar-refractivity contribution >= 4 is 82.8 Å². The lowest BCUT2D eigenvalue weighted by Crippen LogP contribution is -2.50. The van der Waals surface area contributed by atoms with Crippen LogP contribution >= 0.6 is 11.8 Å². The summed E-state index contributed by atoms with van der Waals surface area (Å²) in [4.78, 5) is 170. The van der Waals surface area contributed by atoms with E-state index in [1.54, 1.807) is 132 Å². The molecule has 6 aromatic rings. The lowest BCUT2D eigenvalue weighted by Gasteiger charge is -2.36. The highest BCUT2D eigenvalue weighted by atomic mass is 32.2. The molecule has 0 spiro atoms. The fraction of sp³-hybridized carbons (Fsp3) is 0.478. The number of nitrogens with one attached hydrogen (secondary N) is 6. The molecule has 0 aromatic heterocycles. The molecule has 0 aliphatic heterocycles. The Morgan fingerprint density at radius 3 is 1.41 bits per heavy atom. The fourth-order valence-corrected chi connectivity index (χ4v) is 14.4. The van der Waals surface area contributed by atoms with Crippen LogP contribution in [0.15, 0.2) is 176 Å². The molecule has 0 saturated carbocycles. The Hall–Kier alpha value is -10.5. The minimum Gasteiger partial charge on any atom is -0.460 e. The van der Waals surface area contributed by atoms with Gasteiger partial charge in [-0.2, -0.15) is 0 Å². The highest BCUT2D eigenvalue weighted by molar-refractivity contribution is 8.00. The molecule has 626 valence electrons. The monoisotopic (exact) mass is 1610 g/mol. The second-order valence-electron chi connectivity index (χ2n) is 33.3. The number of aryl methyl sites for hydroxylation is 1. The number of carbonyl (C=O) groups excluding carboxylic acids is 12. The molecule has 0 fully saturated rings. The zero-order valence-electron chi connectivity index (χ0n) is 69.9. The third kappa shape index (κ3) is 34.5. The van der Waals surface area contributed by atoms with Gasteiger partial charge in [-0.1, -0.05) is 189 Å². The molecule has 0 aliphatic carbocycles. The van der Waals surface area contributed by atoms with Crippen LogP contribution in [0.3, 0.4) is 0 Å². The molecular weight excluding hydrogens is 1490 g/mol. The van der Waals surface area contributed by atoms with Crippen LogP contribution in [0, 0.1) is 11.8 Å². The van der Waals surface area contributed by atoms with E-state index in [9.17, 15) is 43.2 Å². The highest BCUT2D eigenvalue weighted by Crippen LogP contribution is 2.49. The van der Waals surface area contributed by atoms with E-state index in [0.29, 0.717) is 11.1 Å². The molecule has 24 heteroatoms. The van der Waals surface area contributed by atoms with E-state index in [4.69, 9.17) is 23.7 Å². The summed E-state index contributed by atoms with van der Waals surface area (Å²) in [6.45, 7) is 23.8. The summed E-state index contributed by atoms with van der Waals surface area (Å²) in [6, 6.07) is 48.2. The summed E-state index contributed by atoms with van der Waals surface area (Å²) >= 11 is 1.38. The third-order valence-corrected chi connectivity index (χ3v) is 19.9. The van der Waals surface area contributed by atoms with Crippen LogP contribution < -0.4 is 31.9 Å². The first kappa shape index (κ1) is 94.4. The van der Waals surface area contributed by atoms with Crippen molar-refractivity contribution in [1.82, 2.24) is 31.9 Å². The molecule has 0 heterocycles. The molecule has 6 N–H and O–H groups in total. The Kier molecular flexibility index (Phi) is 37.2. The van der Waals surface area contributed by atoms with Gasteiger partial charge in [0.25, 0.3) is 0 Å². The number of ether oxygens (including phenoxy) is 5. The number of urea groups is 1. The quantitative estimate of drug-likeness (QED) is 0.00896. The van der Waals surface area contributed by atoms with Gasteiger partial charge in [-0.25, -0.2) is 19.2 Å². The maximum absolute atomic E-state index is 15.4. The SMILES string of the molecule is CCCc1ccc(COC(=O)[C@H](CSC(c2ccccc2)(c2ccccc2)c2ccccc2)NC(=O)[C@H](CC(=O)OC(C)(C)C)CC(=O)[C@H](CCC(=O)[C@H](Cc2ccccc2)NC(=O)[C@@H](CC(=O)CCCNC(=O)CC[C@H](NC(=O)N[C@H](C)CCC(=O)OC(C)(C)C)C(=O)OC(C)(C)C)Cc2ccccc2)NC(=O)OC(C)(C)C)cc1. The van der Waals surface area contributed by atoms with Crippen molar-refractivity contribution in [2.45, 2.75) is 257 Å². The molecule has 0 aliphatic rings. The van der Waals surface area contributed by atoms with Gasteiger partial charge in [-0.05, 0) is 174 Å². The Bertz CT molecular complexity index is 4080. The predicted molar refractivity (Wildman–Crippen MR) is 447 cm³/mol. The molecule has 6 aromatic carbocycles. The maximum Gasteiger partial charge on any atom is 0.408 e. The number of carbonyl (C=O) groups is 12. The molecule has 0 unspecified atom stereocenters. The fourth-order valence-electron chi connectivity index (χ4n) is 12.9. The average Bonchev–Trinajstić information content (AvgIpc) is 0.742. The molecule has 116 heavy (non-hydrogen) atoms. The Morgan fingerprint density at radius 1 is 0.405 bits per heavy atom. The van der Waals surface area contributed by atoms with Crippen LogP contribution in [0.1, 0.15) is 213 Å². The van der Waals surface area contributed by atoms with Crippen molar-refractivity contribution in [3.8, 4) is 0 Å². The van der Waals surface area contributed by atoms with Gasteiger partial charge in [0, 0.05) is 62.8 Å². The van der Waals surface area contributed by atoms with Gasteiger partial charge in [0.05, 0.1) is 29.2 Å². The van der Waals surface area contributed by atoms with Gasteiger partial charge in [-0.3, -0.25) is 38.4 Å². The molecule has 6 rings (SSSR count). The van der Waals surface area contributed by atoms with Gasteiger partial charge >= 0.3 is 36.0 Å². The van der Waals surface area contributed by atoms with Gasteiger partial charge in [0.1, 0.15) is 46.9 Å². The number of amides is 6. The van der Waals surface area contributed by atoms with Gasteiger partial charge in [-0.15, -0.1) is 11.8 Å². The van der Waals surface area contributed by atoms with E-state index in [2.05, 4.69) is 38.8 Å². The van der Waals surface area contributed by atoms with Crippen LogP contribution in [0.5, 0.6) is 0 Å². The Labute approximate surface area is 688 Å². The van der Waals surface area contributed by atoms with Crippen LogP contribution in [0.4, 0.5) is 9.59 Å². The summed E-state index contributed by atoms with van der Waals surface area (Å²) in [5, 5.41) is 16.6. The predicted octanol–water partition coefficient (Wildman–Crippen LogP) is 14.2. The summed E-state index contributed by atoms with van der Waals surface area (Å²) in [5.41, 5.74) is 2.11. The number of alkyl carbamates (subject to hydrolysis) is 1. The molecule has 0 radical (unpaired) electrons. The van der Waals surface area contributed by atoms with Crippen LogP contribution in [0.2, 0.25) is 0 Å². The summed E-state index contributed by atoms with van der Waals surface area (Å²) < 4.78 is 27.5. The standard InChI is InChI=1S/C92H120N6O17S/c1-15-32-63-45-47-66(48-46-63)60-111-84(107)76(61-116-92(69-37-25-18-26-38-69,70-39-27-19-28-40-70)71-41-29-20-30-42-71)96-83(106)68(59-81(104)113-89(6,7)8)58-78(101)73(98-87(110)115-91(12,13)14)49-51-77(100)75(56-65-35-23-17-24-36-65)95-82(105)67(55-64-33-21-16-22-34-64)57-72(99)43-31-54-93-79(102)52-50-74(85(108)114-90(9,10)11)97-86(109)94-62(2)44-53-80(103)112-88(3,4)5/h16-30,33-42,45-48,62,67-68,73-76H,15,31-32,43-44,49-61H2,1-14H3,(H,93,102)(H,95,105)(H,96,106)(H,98,110)(H2,94,97,109)/t62-,67-,68+,73+,74+,75+,76+/m1/s1. The van der Waals surface area contributed by atoms with Crippen molar-refractivity contribution in [3.63, 3.8) is 0 Å². The van der Waals surface area contributed by atoms with Crippen molar-refractivity contribution in [1.29, 1.82) is 0 Å². The van der Waals surface area contributed by atoms with E-state index in [0.717, 1.165) is 40.7 Å². The topological polar surface area (TPSA) is 323 Å². The number of benzene rings is 6. The number of esters is 4. The van der Waals surface area contributed by atoms with E-state index in [-0.39, 0.29) is 88.9 Å². The Balaban J connectivity index is 1.23. The first-order valence-electron chi connectivity index (χ1n) is 40.1. The summed E-state index contributed by atoms with van der Waals surface area (Å²) in [6.07, 6.45) is -1.55. The third-order valence-electron chi connectivity index (χ3n) is 18.3. The van der Waals surface area contributed by atoms with E-state index >= 15 is 14.4 Å². The lowest BCUT2D eigenvalue weighted by molar-refractivity contribution is -0.158. The van der Waals surface area contributed by atoms with Crippen LogP contribution in [-0.4, -0.2) is 136 Å². The van der Waals surface area contributed by atoms with E-state index in [1.165, 1.54) is 11.8 Å². The minimum atomic E-state index is -1.55. The van der Waals surface area contributed by atoms with E-state index < -0.39 is 154 Å². The molecule has 6 amide bonds. The first-order valence-corrected chi connectivity index (χ1v) is 41.1. The van der Waals surface area contributed by atoms with Crippen LogP contribution in [0.25, 0.3) is 0 Å². The normalized spacial score (nSPS) is 13.6. The van der Waals surface area contributed by atoms with Crippen molar-refractivity contribution in [2.24, 2.45) is 11.8 Å². The van der Waals surface area contributed by atoms with Crippen molar-refractivity contribution in [2.75, 3.05) is 12.3 Å². The van der Waals surface area contributed by atoms with Crippen molar-refractivity contribution < 1.29 is 81.2 Å². The molecule has 0 saturated heterocycles. The highest BCUT2D eigenvalue weighted by Gasteiger charge is 2.41.